The van der Waals surface area contributed by atoms with Crippen LogP contribution >= 0.6 is 0 Å². The van der Waals surface area contributed by atoms with E-state index in [4.69, 9.17) is 19.0 Å². The third-order valence-corrected chi connectivity index (χ3v) is 7.65. The molecule has 6 rings (SSSR count). The Morgan fingerprint density at radius 2 is 1.56 bits per heavy atom. The van der Waals surface area contributed by atoms with Crippen molar-refractivity contribution in [1.82, 2.24) is 20.0 Å². The third-order valence-electron chi connectivity index (χ3n) is 7.65. The van der Waals surface area contributed by atoms with Gasteiger partial charge in [-0.2, -0.15) is 23.0 Å². The van der Waals surface area contributed by atoms with E-state index in [1.807, 2.05) is 26.8 Å². The number of carbonyl (C=O) groups is 2. The molecule has 6 atom stereocenters. The molecule has 4 saturated carbocycles. The Bertz CT molecular complexity index is 1080. The minimum absolute atomic E-state index is 0.274. The summed E-state index contributed by atoms with van der Waals surface area (Å²) in [6, 6.07) is 3.63. The van der Waals surface area contributed by atoms with Crippen molar-refractivity contribution in [3.05, 3.63) is 24.5 Å². The highest BCUT2D eigenvalue weighted by Crippen LogP contribution is 2.46. The first-order chi connectivity index (χ1) is 18.4. The zero-order valence-electron chi connectivity index (χ0n) is 22.5. The maximum absolute atomic E-state index is 11.9. The van der Waals surface area contributed by atoms with E-state index in [2.05, 4.69) is 15.3 Å². The van der Waals surface area contributed by atoms with Crippen LogP contribution in [-0.4, -0.2) is 56.3 Å². The van der Waals surface area contributed by atoms with Gasteiger partial charge in [0, 0.05) is 18.3 Å². The van der Waals surface area contributed by atoms with Crippen LogP contribution in [0.2, 0.25) is 0 Å². The molecule has 0 aromatic carbocycles. The van der Waals surface area contributed by atoms with Gasteiger partial charge in [-0.15, -0.1) is 5.10 Å². The quantitative estimate of drug-likeness (QED) is 0.465. The molecule has 4 aliphatic rings. The molecule has 2 aromatic rings. The predicted octanol–water partition coefficient (Wildman–Crippen LogP) is 5.96. The van der Waals surface area contributed by atoms with Gasteiger partial charge in [0.05, 0.1) is 6.20 Å². The minimum atomic E-state index is -4.64. The summed E-state index contributed by atoms with van der Waals surface area (Å²) in [6.07, 6.45) is 8.35. The maximum Gasteiger partial charge on any atom is 0.446 e. The molecule has 0 saturated heterocycles. The average Bonchev–Trinajstić information content (AvgIpc) is 3.69. The fraction of sp³-hybridized carbons (Fsp3) is 0.704. The van der Waals surface area contributed by atoms with Crippen molar-refractivity contribution in [3.63, 3.8) is 0 Å². The molecule has 1 N–H and O–H groups in total. The number of aromatic amines is 1. The van der Waals surface area contributed by atoms with E-state index in [1.165, 1.54) is 49.6 Å². The van der Waals surface area contributed by atoms with Crippen LogP contribution in [0, 0.1) is 23.7 Å². The molecule has 0 aliphatic heterocycles. The van der Waals surface area contributed by atoms with Crippen molar-refractivity contribution in [2.75, 3.05) is 0 Å². The Labute approximate surface area is 225 Å². The largest absolute Gasteiger partial charge is 0.474 e. The van der Waals surface area contributed by atoms with E-state index < -0.39 is 24.2 Å². The summed E-state index contributed by atoms with van der Waals surface area (Å²) in [7, 11) is 0. The van der Waals surface area contributed by atoms with Gasteiger partial charge in [-0.1, -0.05) is 0 Å². The summed E-state index contributed by atoms with van der Waals surface area (Å²) in [5, 5.41) is 10.9. The molecular formula is C27H37F3N4O5. The van der Waals surface area contributed by atoms with E-state index >= 15 is 0 Å². The number of aromatic nitrogens is 4. The highest BCUT2D eigenvalue weighted by atomic mass is 19.4. The fourth-order valence-corrected chi connectivity index (χ4v) is 6.07. The topological polar surface area (TPSA) is 108 Å². The summed E-state index contributed by atoms with van der Waals surface area (Å²) in [5.41, 5.74) is -0.519. The lowest BCUT2D eigenvalue weighted by molar-refractivity contribution is -0.156. The summed E-state index contributed by atoms with van der Waals surface area (Å²) in [4.78, 5) is 20.6. The molecule has 0 amide bonds. The molecule has 4 aliphatic carbocycles. The number of ether oxygens (including phenoxy) is 3. The Kier molecular flexibility index (Phi) is 8.90. The molecule has 9 nitrogen and oxygen atoms in total. The molecule has 216 valence electrons. The molecule has 4 fully saturated rings. The van der Waals surface area contributed by atoms with Gasteiger partial charge in [0.25, 0.3) is 0 Å². The normalized spacial score (nSPS) is 28.7. The number of fused-ring (bicyclic) bond motifs is 4. The van der Waals surface area contributed by atoms with Gasteiger partial charge in [-0.3, -0.25) is 4.79 Å². The van der Waals surface area contributed by atoms with Crippen molar-refractivity contribution >= 4 is 12.4 Å². The highest BCUT2D eigenvalue weighted by molar-refractivity contribution is 5.69. The highest BCUT2D eigenvalue weighted by Gasteiger charge is 2.42. The van der Waals surface area contributed by atoms with Gasteiger partial charge >= 0.3 is 12.3 Å². The second-order valence-electron chi connectivity index (χ2n) is 11.8. The molecule has 2 aromatic heterocycles. The van der Waals surface area contributed by atoms with Gasteiger partial charge in [0.2, 0.25) is 18.0 Å². The summed E-state index contributed by atoms with van der Waals surface area (Å²) in [6.45, 7) is 5.50. The van der Waals surface area contributed by atoms with Crippen LogP contribution in [0.5, 0.6) is 11.8 Å². The van der Waals surface area contributed by atoms with Crippen LogP contribution in [0.25, 0.3) is 0 Å². The number of H-pyrrole nitrogens is 1. The lowest BCUT2D eigenvalue weighted by Crippen LogP contribution is -2.27. The van der Waals surface area contributed by atoms with Crippen molar-refractivity contribution in [3.8, 4) is 11.8 Å². The first kappa shape index (κ1) is 28.9. The standard InChI is InChI=1S/C15H22N2O3.C10H14N2O.C2HF3O/c1-15(2,3)20-14(18)17-7-6-13(16-17)19-12-9-10-4-5-11(12)8-10;1-2-8-5-7(1)6-9(8)13-10-3-4-11-12-10;3-2(4,5)1-6/h6-7,10-12H,4-5,8-9H2,1-3H3;3-4,7-9H,1-2,5-6H2,(H,11,12);1H/t10-,11-,12+;7-,8-,9+;/m11./s1. The Morgan fingerprint density at radius 3 is 2.00 bits per heavy atom. The number of nitrogens with zero attached hydrogens (tertiary/aromatic N) is 3. The lowest BCUT2D eigenvalue weighted by Gasteiger charge is -2.21. The Hall–Kier alpha value is -3.05. The van der Waals surface area contributed by atoms with Crippen LogP contribution in [0.1, 0.15) is 72.1 Å². The van der Waals surface area contributed by atoms with Gasteiger partial charge in [0.15, 0.2) is 0 Å². The monoisotopic (exact) mass is 554 g/mol. The van der Waals surface area contributed by atoms with Crippen LogP contribution in [0.15, 0.2) is 24.5 Å². The van der Waals surface area contributed by atoms with Crippen molar-refractivity contribution in [2.45, 2.75) is 96.1 Å². The van der Waals surface area contributed by atoms with Crippen LogP contribution in [0.4, 0.5) is 18.0 Å². The minimum Gasteiger partial charge on any atom is -0.474 e. The van der Waals surface area contributed by atoms with Crippen LogP contribution in [0.3, 0.4) is 0 Å². The number of aldehydes is 1. The molecule has 12 heteroatoms. The summed E-state index contributed by atoms with van der Waals surface area (Å²) in [5.74, 6) is 4.61. The first-order valence-electron chi connectivity index (χ1n) is 13.5. The Morgan fingerprint density at radius 1 is 0.974 bits per heavy atom. The number of alkyl halides is 3. The van der Waals surface area contributed by atoms with E-state index in [-0.39, 0.29) is 6.10 Å². The lowest BCUT2D eigenvalue weighted by atomic mass is 9.98. The van der Waals surface area contributed by atoms with Gasteiger partial charge in [-0.05, 0) is 95.8 Å². The van der Waals surface area contributed by atoms with Crippen molar-refractivity contribution < 1.29 is 37.0 Å². The van der Waals surface area contributed by atoms with Gasteiger partial charge in [-0.25, -0.2) is 9.89 Å². The zero-order valence-corrected chi connectivity index (χ0v) is 22.5. The van der Waals surface area contributed by atoms with E-state index in [9.17, 15) is 18.0 Å². The molecule has 0 unspecified atom stereocenters. The van der Waals surface area contributed by atoms with Crippen LogP contribution < -0.4 is 9.47 Å². The number of nitrogens with one attached hydrogen (secondary N) is 1. The molecule has 4 bridgehead atoms. The SMILES string of the molecule is CC(C)(C)OC(=O)n1ccc(O[C@H]2C[C@@H]3CC[C@@H]2C3)n1.O=CC(F)(F)F.c1cc(O[C@H]2C[C@@H]3CC[C@@H]2C3)[nH]n1. The average molecular weight is 555 g/mol. The second-order valence-corrected chi connectivity index (χ2v) is 11.8. The van der Waals surface area contributed by atoms with Gasteiger partial charge < -0.3 is 14.2 Å². The van der Waals surface area contributed by atoms with E-state index in [0.29, 0.717) is 17.9 Å². The maximum atomic E-state index is 11.9. The first-order valence-corrected chi connectivity index (χ1v) is 13.5. The molecule has 0 radical (unpaired) electrons. The molecule has 0 spiro atoms. The number of halogens is 3. The number of hydrogen-bond donors (Lipinski definition) is 1. The van der Waals surface area contributed by atoms with E-state index in [0.717, 1.165) is 30.1 Å². The fourth-order valence-electron chi connectivity index (χ4n) is 6.07. The van der Waals surface area contributed by atoms with Gasteiger partial charge in [0.1, 0.15) is 17.8 Å². The van der Waals surface area contributed by atoms with Crippen LogP contribution in [-0.2, 0) is 9.53 Å². The zero-order chi connectivity index (χ0) is 28.2. The molecule has 39 heavy (non-hydrogen) atoms. The van der Waals surface area contributed by atoms with Crippen molar-refractivity contribution in [1.29, 1.82) is 0 Å². The third kappa shape index (κ3) is 8.47. The number of rotatable bonds is 4. The second kappa shape index (κ2) is 12.0. The summed E-state index contributed by atoms with van der Waals surface area (Å²) >= 11 is 0. The number of hydrogen-bond acceptors (Lipinski definition) is 7. The van der Waals surface area contributed by atoms with Crippen molar-refractivity contribution in [2.24, 2.45) is 23.7 Å². The molecule has 2 heterocycles. The number of carbonyl (C=O) groups excluding carboxylic acids is 2. The molecular weight excluding hydrogens is 517 g/mol. The van der Waals surface area contributed by atoms with E-state index in [1.54, 1.807) is 18.5 Å². The smallest absolute Gasteiger partial charge is 0.446 e. The Balaban J connectivity index is 0.000000158. The summed E-state index contributed by atoms with van der Waals surface area (Å²) < 4.78 is 49.5. The predicted molar refractivity (Wildman–Crippen MR) is 134 cm³/mol.